The number of benzene rings is 2. The molecule has 0 aliphatic carbocycles. The number of aliphatic hydroxyl groups is 1. The number of aliphatic hydroxyl groups excluding tert-OH is 1. The number of nitrogens with zero attached hydrogens (tertiary/aromatic N) is 2. The standard InChI is InChI=1S/C17H17ClN2O/c1-12(21)16-7-6-13(10-19)9-17(16)20(2)11-14-4-3-5-15(18)8-14/h3-9,12,21H,11H2,1-2H3/t12-/m0/s1. The monoisotopic (exact) mass is 300 g/mol. The molecule has 2 aromatic rings. The predicted octanol–water partition coefficient (Wildman–Crippen LogP) is 3.90. The lowest BCUT2D eigenvalue weighted by Crippen LogP contribution is -2.18. The highest BCUT2D eigenvalue weighted by molar-refractivity contribution is 6.30. The van der Waals surface area contributed by atoms with E-state index in [2.05, 4.69) is 6.07 Å². The van der Waals surface area contributed by atoms with Crippen LogP contribution >= 0.6 is 11.6 Å². The van der Waals surface area contributed by atoms with Gasteiger partial charge in [0.05, 0.1) is 17.7 Å². The Morgan fingerprint density at radius 3 is 2.67 bits per heavy atom. The summed E-state index contributed by atoms with van der Waals surface area (Å²) in [5.41, 5.74) is 3.30. The van der Waals surface area contributed by atoms with Crippen LogP contribution in [0.5, 0.6) is 0 Å². The Labute approximate surface area is 130 Å². The molecular formula is C17H17ClN2O. The van der Waals surface area contributed by atoms with Gasteiger partial charge in [-0.15, -0.1) is 0 Å². The molecule has 0 aliphatic heterocycles. The van der Waals surface area contributed by atoms with E-state index in [4.69, 9.17) is 16.9 Å². The number of nitriles is 1. The molecule has 0 saturated carbocycles. The Hall–Kier alpha value is -2.02. The molecule has 1 atom stereocenters. The lowest BCUT2D eigenvalue weighted by molar-refractivity contribution is 0.199. The van der Waals surface area contributed by atoms with Crippen LogP contribution in [0.3, 0.4) is 0 Å². The van der Waals surface area contributed by atoms with Crippen molar-refractivity contribution < 1.29 is 5.11 Å². The Bertz CT molecular complexity index is 677. The SMILES string of the molecule is C[C@H](O)c1ccc(C#N)cc1N(C)Cc1cccc(Cl)c1. The van der Waals surface area contributed by atoms with Gasteiger partial charge in [0, 0.05) is 29.9 Å². The van der Waals surface area contributed by atoms with Crippen molar-refractivity contribution >= 4 is 17.3 Å². The van der Waals surface area contributed by atoms with Crippen LogP contribution in [-0.4, -0.2) is 12.2 Å². The van der Waals surface area contributed by atoms with Gasteiger partial charge < -0.3 is 10.0 Å². The molecule has 0 saturated heterocycles. The van der Waals surface area contributed by atoms with Gasteiger partial charge in [-0.2, -0.15) is 5.26 Å². The van der Waals surface area contributed by atoms with Crippen LogP contribution in [-0.2, 0) is 6.54 Å². The maximum Gasteiger partial charge on any atom is 0.0992 e. The van der Waals surface area contributed by atoms with Crippen LogP contribution in [0.1, 0.15) is 29.7 Å². The highest BCUT2D eigenvalue weighted by Gasteiger charge is 2.13. The maximum absolute atomic E-state index is 9.90. The van der Waals surface area contributed by atoms with Crippen molar-refractivity contribution in [2.45, 2.75) is 19.6 Å². The van der Waals surface area contributed by atoms with Crippen LogP contribution in [0.4, 0.5) is 5.69 Å². The average Bonchev–Trinajstić information content (AvgIpc) is 2.46. The van der Waals surface area contributed by atoms with Crippen molar-refractivity contribution in [3.63, 3.8) is 0 Å². The molecule has 2 aromatic carbocycles. The molecule has 2 rings (SSSR count). The fourth-order valence-corrected chi connectivity index (χ4v) is 2.50. The van der Waals surface area contributed by atoms with Crippen LogP contribution in [0.25, 0.3) is 0 Å². The molecule has 0 amide bonds. The summed E-state index contributed by atoms with van der Waals surface area (Å²) in [5.74, 6) is 0. The van der Waals surface area contributed by atoms with E-state index in [1.807, 2.05) is 36.2 Å². The second kappa shape index (κ2) is 6.62. The summed E-state index contributed by atoms with van der Waals surface area (Å²) in [7, 11) is 1.93. The third-order valence-electron chi connectivity index (χ3n) is 3.33. The predicted molar refractivity (Wildman–Crippen MR) is 85.3 cm³/mol. The highest BCUT2D eigenvalue weighted by atomic mass is 35.5. The maximum atomic E-state index is 9.90. The van der Waals surface area contributed by atoms with Gasteiger partial charge in [0.2, 0.25) is 0 Å². The average molecular weight is 301 g/mol. The van der Waals surface area contributed by atoms with Crippen molar-refractivity contribution in [3.05, 3.63) is 64.2 Å². The van der Waals surface area contributed by atoms with Crippen molar-refractivity contribution in [2.24, 2.45) is 0 Å². The van der Waals surface area contributed by atoms with Crippen molar-refractivity contribution in [2.75, 3.05) is 11.9 Å². The third kappa shape index (κ3) is 3.75. The van der Waals surface area contributed by atoms with Gasteiger partial charge in [-0.3, -0.25) is 0 Å². The van der Waals surface area contributed by atoms with Gasteiger partial charge in [0.15, 0.2) is 0 Å². The Kier molecular flexibility index (Phi) is 4.85. The molecular weight excluding hydrogens is 284 g/mol. The lowest BCUT2D eigenvalue weighted by atomic mass is 10.0. The first-order chi connectivity index (χ1) is 10.0. The summed E-state index contributed by atoms with van der Waals surface area (Å²) < 4.78 is 0. The number of halogens is 1. The highest BCUT2D eigenvalue weighted by Crippen LogP contribution is 2.28. The van der Waals surface area contributed by atoms with E-state index in [0.717, 1.165) is 16.8 Å². The van der Waals surface area contributed by atoms with Gasteiger partial charge in [0.25, 0.3) is 0 Å². The summed E-state index contributed by atoms with van der Waals surface area (Å²) in [6.45, 7) is 2.37. The molecule has 108 valence electrons. The zero-order chi connectivity index (χ0) is 15.4. The molecule has 0 spiro atoms. The number of rotatable bonds is 4. The summed E-state index contributed by atoms with van der Waals surface area (Å²) in [5, 5.41) is 19.6. The first-order valence-corrected chi connectivity index (χ1v) is 7.06. The zero-order valence-corrected chi connectivity index (χ0v) is 12.8. The van der Waals surface area contributed by atoms with Crippen LogP contribution < -0.4 is 4.90 Å². The first-order valence-electron chi connectivity index (χ1n) is 6.69. The van der Waals surface area contributed by atoms with Crippen molar-refractivity contribution in [1.29, 1.82) is 5.26 Å². The van der Waals surface area contributed by atoms with Crippen LogP contribution in [0, 0.1) is 11.3 Å². The van der Waals surface area contributed by atoms with Gasteiger partial charge in [-0.05, 0) is 36.8 Å². The molecule has 21 heavy (non-hydrogen) atoms. The minimum absolute atomic E-state index is 0.576. The zero-order valence-electron chi connectivity index (χ0n) is 12.0. The fourth-order valence-electron chi connectivity index (χ4n) is 2.29. The Morgan fingerprint density at radius 2 is 2.05 bits per heavy atom. The normalized spacial score (nSPS) is 11.8. The molecule has 0 fully saturated rings. The quantitative estimate of drug-likeness (QED) is 0.931. The Morgan fingerprint density at radius 1 is 1.29 bits per heavy atom. The summed E-state index contributed by atoms with van der Waals surface area (Å²) in [4.78, 5) is 2.01. The van der Waals surface area contributed by atoms with E-state index in [1.54, 1.807) is 25.1 Å². The molecule has 1 N–H and O–H groups in total. The summed E-state index contributed by atoms with van der Waals surface area (Å²) in [6.07, 6.45) is -0.588. The van der Waals surface area contributed by atoms with Crippen molar-refractivity contribution in [3.8, 4) is 6.07 Å². The third-order valence-corrected chi connectivity index (χ3v) is 3.56. The van der Waals surface area contributed by atoms with E-state index in [9.17, 15) is 5.11 Å². The molecule has 3 nitrogen and oxygen atoms in total. The number of anilines is 1. The molecule has 0 aliphatic rings. The first kappa shape index (κ1) is 15.4. The van der Waals surface area contributed by atoms with E-state index in [-0.39, 0.29) is 0 Å². The fraction of sp³-hybridized carbons (Fsp3) is 0.235. The minimum Gasteiger partial charge on any atom is -0.389 e. The minimum atomic E-state index is -0.588. The molecule has 0 heterocycles. The van der Waals surface area contributed by atoms with Gasteiger partial charge in [0.1, 0.15) is 0 Å². The van der Waals surface area contributed by atoms with E-state index < -0.39 is 6.10 Å². The topological polar surface area (TPSA) is 47.3 Å². The van der Waals surface area contributed by atoms with Crippen LogP contribution in [0.2, 0.25) is 5.02 Å². The molecule has 4 heteroatoms. The Balaban J connectivity index is 2.33. The second-order valence-electron chi connectivity index (χ2n) is 5.05. The van der Waals surface area contributed by atoms with Gasteiger partial charge in [-0.25, -0.2) is 0 Å². The van der Waals surface area contributed by atoms with E-state index >= 15 is 0 Å². The number of hydrogen-bond acceptors (Lipinski definition) is 3. The van der Waals surface area contributed by atoms with Crippen LogP contribution in [0.15, 0.2) is 42.5 Å². The largest absolute Gasteiger partial charge is 0.389 e. The lowest BCUT2D eigenvalue weighted by Gasteiger charge is -2.24. The van der Waals surface area contributed by atoms with Gasteiger partial charge >= 0.3 is 0 Å². The van der Waals surface area contributed by atoms with E-state index in [1.165, 1.54) is 0 Å². The number of hydrogen-bond donors (Lipinski definition) is 1. The van der Waals surface area contributed by atoms with E-state index in [0.29, 0.717) is 17.1 Å². The molecule has 0 unspecified atom stereocenters. The summed E-state index contributed by atoms with van der Waals surface area (Å²) in [6, 6.07) is 15.1. The molecule has 0 aromatic heterocycles. The molecule has 0 radical (unpaired) electrons. The van der Waals surface area contributed by atoms with Crippen molar-refractivity contribution in [1.82, 2.24) is 0 Å². The second-order valence-corrected chi connectivity index (χ2v) is 5.48. The van der Waals surface area contributed by atoms with Gasteiger partial charge in [-0.1, -0.05) is 29.8 Å². The summed E-state index contributed by atoms with van der Waals surface area (Å²) >= 11 is 6.00. The molecule has 0 bridgehead atoms. The smallest absolute Gasteiger partial charge is 0.0992 e.